The van der Waals surface area contributed by atoms with E-state index in [2.05, 4.69) is 0 Å². The third kappa shape index (κ3) is 3.02. The van der Waals surface area contributed by atoms with Gasteiger partial charge in [0.1, 0.15) is 0 Å². The van der Waals surface area contributed by atoms with Crippen molar-refractivity contribution in [2.45, 2.75) is 25.9 Å². The predicted molar refractivity (Wildman–Crippen MR) is 97.9 cm³/mol. The molecule has 1 saturated heterocycles. The molecular weight excluding hydrogens is 334 g/mol. The minimum atomic E-state index is -0.244. The van der Waals surface area contributed by atoms with Crippen molar-refractivity contribution in [1.82, 2.24) is 4.90 Å². The number of carbonyl (C=O) groups is 2. The van der Waals surface area contributed by atoms with E-state index in [9.17, 15) is 14.7 Å². The summed E-state index contributed by atoms with van der Waals surface area (Å²) in [7, 11) is 0. The summed E-state index contributed by atoms with van der Waals surface area (Å²) in [6.45, 7) is 2.86. The summed E-state index contributed by atoms with van der Waals surface area (Å²) in [5, 5.41) is 10.2. The van der Waals surface area contributed by atoms with Crippen LogP contribution in [0.15, 0.2) is 36.4 Å². The highest BCUT2D eigenvalue weighted by atomic mass is 32.1. The first-order valence-corrected chi connectivity index (χ1v) is 9.53. The molecule has 1 aromatic heterocycles. The van der Waals surface area contributed by atoms with E-state index in [0.717, 1.165) is 28.2 Å². The molecule has 0 spiro atoms. The first-order valence-electron chi connectivity index (χ1n) is 8.71. The average molecular weight is 355 g/mol. The van der Waals surface area contributed by atoms with E-state index in [1.807, 2.05) is 41.3 Å². The standard InChI is InChI=1S/C20H21NO3S/c1-12(22)17-7-8-18(25-17)13-3-2-4-14(9-13)20(24)21-10-15-5-6-16(11-21)19(15)23/h2-4,7-9,15-16,19,23H,5-6,10-11H2,1H3. The number of fused-ring (bicyclic) bond motifs is 2. The van der Waals surface area contributed by atoms with Gasteiger partial charge in [-0.15, -0.1) is 11.3 Å². The van der Waals surface area contributed by atoms with Gasteiger partial charge >= 0.3 is 0 Å². The van der Waals surface area contributed by atoms with Crippen LogP contribution in [0.3, 0.4) is 0 Å². The van der Waals surface area contributed by atoms with E-state index < -0.39 is 0 Å². The molecule has 130 valence electrons. The van der Waals surface area contributed by atoms with Gasteiger partial charge in [0.15, 0.2) is 5.78 Å². The zero-order chi connectivity index (χ0) is 17.6. The Hall–Kier alpha value is -1.98. The number of benzene rings is 1. The van der Waals surface area contributed by atoms with E-state index in [1.54, 1.807) is 6.92 Å². The van der Waals surface area contributed by atoms with Crippen molar-refractivity contribution in [3.63, 3.8) is 0 Å². The summed E-state index contributed by atoms with van der Waals surface area (Å²) in [6, 6.07) is 11.4. The highest BCUT2D eigenvalue weighted by Gasteiger charge is 2.42. The van der Waals surface area contributed by atoms with Crippen molar-refractivity contribution in [2.75, 3.05) is 13.1 Å². The molecule has 0 radical (unpaired) electrons. The molecule has 2 aliphatic rings. The number of amides is 1. The highest BCUT2D eigenvalue weighted by molar-refractivity contribution is 7.17. The van der Waals surface area contributed by atoms with Gasteiger partial charge in [-0.1, -0.05) is 12.1 Å². The molecule has 1 N–H and O–H groups in total. The second-order valence-corrected chi connectivity index (χ2v) is 8.18. The third-order valence-corrected chi connectivity index (χ3v) is 6.65. The topological polar surface area (TPSA) is 57.6 Å². The first kappa shape index (κ1) is 16.5. The summed E-state index contributed by atoms with van der Waals surface area (Å²) in [5.74, 6) is 0.544. The van der Waals surface area contributed by atoms with Crippen molar-refractivity contribution in [3.05, 3.63) is 46.8 Å². The van der Waals surface area contributed by atoms with Gasteiger partial charge in [0.2, 0.25) is 0 Å². The van der Waals surface area contributed by atoms with Gasteiger partial charge in [0, 0.05) is 35.4 Å². The fourth-order valence-electron chi connectivity index (χ4n) is 4.03. The van der Waals surface area contributed by atoms with Crippen LogP contribution in [-0.4, -0.2) is 40.9 Å². The van der Waals surface area contributed by atoms with E-state index in [-0.39, 0.29) is 29.6 Å². The molecule has 1 saturated carbocycles. The molecule has 5 heteroatoms. The maximum absolute atomic E-state index is 12.9. The monoisotopic (exact) mass is 355 g/mol. The van der Waals surface area contributed by atoms with E-state index in [4.69, 9.17) is 0 Å². The zero-order valence-electron chi connectivity index (χ0n) is 14.1. The summed E-state index contributed by atoms with van der Waals surface area (Å²) in [5.41, 5.74) is 1.63. The maximum atomic E-state index is 12.9. The summed E-state index contributed by atoms with van der Waals surface area (Å²) >= 11 is 1.45. The Kier molecular flexibility index (Phi) is 4.21. The second-order valence-electron chi connectivity index (χ2n) is 7.10. The predicted octanol–water partition coefficient (Wildman–Crippen LogP) is 3.46. The quantitative estimate of drug-likeness (QED) is 0.858. The average Bonchev–Trinajstić information content (AvgIpc) is 3.16. The molecule has 1 aromatic carbocycles. The van der Waals surface area contributed by atoms with Crippen molar-refractivity contribution >= 4 is 23.0 Å². The van der Waals surface area contributed by atoms with E-state index >= 15 is 0 Å². The Morgan fingerprint density at radius 1 is 1.12 bits per heavy atom. The van der Waals surface area contributed by atoms with Gasteiger partial charge in [-0.3, -0.25) is 9.59 Å². The second kappa shape index (κ2) is 6.39. The number of rotatable bonds is 3. The molecule has 1 aliphatic heterocycles. The lowest BCUT2D eigenvalue weighted by molar-refractivity contribution is 0.0166. The molecule has 25 heavy (non-hydrogen) atoms. The molecule has 2 heterocycles. The number of ketones is 1. The molecule has 1 amide bonds. The van der Waals surface area contributed by atoms with Crippen LogP contribution in [0.1, 0.15) is 39.8 Å². The Balaban J connectivity index is 1.56. The van der Waals surface area contributed by atoms with Gasteiger partial charge in [0.05, 0.1) is 11.0 Å². The van der Waals surface area contributed by atoms with Crippen LogP contribution in [0, 0.1) is 11.8 Å². The number of aliphatic hydroxyl groups excluding tert-OH is 1. The number of nitrogens with zero attached hydrogens (tertiary/aromatic N) is 1. The molecule has 2 bridgehead atoms. The summed E-state index contributed by atoms with van der Waals surface area (Å²) in [6.07, 6.45) is 1.78. The SMILES string of the molecule is CC(=O)c1ccc(-c2cccc(C(=O)N3CC4CCC(C3)C4O)c2)s1. The number of Topliss-reactive ketones (excluding diaryl/α,β-unsaturated/α-hetero) is 1. The smallest absolute Gasteiger partial charge is 0.253 e. The number of piperidine rings is 1. The molecular formula is C20H21NO3S. The van der Waals surface area contributed by atoms with Crippen LogP contribution in [0.5, 0.6) is 0 Å². The summed E-state index contributed by atoms with van der Waals surface area (Å²) < 4.78 is 0. The number of carbonyl (C=O) groups excluding carboxylic acids is 2. The Morgan fingerprint density at radius 2 is 1.84 bits per heavy atom. The molecule has 2 fully saturated rings. The number of thiophene rings is 1. The Labute approximate surface area is 151 Å². The normalized spacial score (nSPS) is 25.2. The van der Waals surface area contributed by atoms with Gasteiger partial charge in [-0.05, 0) is 49.6 Å². The number of hydrogen-bond acceptors (Lipinski definition) is 4. The third-order valence-electron chi connectivity index (χ3n) is 5.42. The van der Waals surface area contributed by atoms with Crippen LogP contribution in [0.4, 0.5) is 0 Å². The zero-order valence-corrected chi connectivity index (χ0v) is 15.0. The maximum Gasteiger partial charge on any atom is 0.253 e. The van der Waals surface area contributed by atoms with Crippen LogP contribution in [-0.2, 0) is 0 Å². The largest absolute Gasteiger partial charge is 0.392 e. The molecule has 4 rings (SSSR count). The van der Waals surface area contributed by atoms with Crippen molar-refractivity contribution in [2.24, 2.45) is 11.8 Å². The highest BCUT2D eigenvalue weighted by Crippen LogP contribution is 2.37. The van der Waals surface area contributed by atoms with E-state index in [1.165, 1.54) is 11.3 Å². The van der Waals surface area contributed by atoms with Gasteiger partial charge < -0.3 is 10.0 Å². The van der Waals surface area contributed by atoms with Gasteiger partial charge in [0.25, 0.3) is 5.91 Å². The summed E-state index contributed by atoms with van der Waals surface area (Å²) in [4.78, 5) is 28.0. The molecule has 2 aromatic rings. The lowest BCUT2D eigenvalue weighted by Crippen LogP contribution is -2.47. The molecule has 2 unspecified atom stereocenters. The first-order chi connectivity index (χ1) is 12.0. The lowest BCUT2D eigenvalue weighted by atomic mass is 9.94. The van der Waals surface area contributed by atoms with Gasteiger partial charge in [-0.25, -0.2) is 0 Å². The molecule has 4 nitrogen and oxygen atoms in total. The Morgan fingerprint density at radius 3 is 2.48 bits per heavy atom. The number of aliphatic hydroxyl groups is 1. The van der Waals surface area contributed by atoms with Crippen molar-refractivity contribution < 1.29 is 14.7 Å². The van der Waals surface area contributed by atoms with Crippen LogP contribution in [0.2, 0.25) is 0 Å². The van der Waals surface area contributed by atoms with Crippen molar-refractivity contribution in [3.8, 4) is 10.4 Å². The number of likely N-dealkylation sites (tertiary alicyclic amines) is 1. The lowest BCUT2D eigenvalue weighted by Gasteiger charge is -2.35. The molecule has 1 aliphatic carbocycles. The minimum absolute atomic E-state index is 0.0361. The fraction of sp³-hybridized carbons (Fsp3) is 0.400. The van der Waals surface area contributed by atoms with Gasteiger partial charge in [-0.2, -0.15) is 0 Å². The molecule has 2 atom stereocenters. The van der Waals surface area contributed by atoms with E-state index in [0.29, 0.717) is 18.7 Å². The number of hydrogen-bond donors (Lipinski definition) is 1. The van der Waals surface area contributed by atoms with Crippen molar-refractivity contribution in [1.29, 1.82) is 0 Å². The van der Waals surface area contributed by atoms with Crippen LogP contribution < -0.4 is 0 Å². The Bertz CT molecular complexity index is 814. The van der Waals surface area contributed by atoms with Crippen LogP contribution >= 0.6 is 11.3 Å². The fourth-order valence-corrected chi connectivity index (χ4v) is 4.93. The minimum Gasteiger partial charge on any atom is -0.392 e. The van der Waals surface area contributed by atoms with Crippen LogP contribution in [0.25, 0.3) is 10.4 Å².